The molecule has 6 heteroatoms. The average Bonchev–Trinajstić information content (AvgIpc) is 3.41. The maximum atomic E-state index is 12.6. The van der Waals surface area contributed by atoms with E-state index in [1.807, 2.05) is 54.6 Å². The first kappa shape index (κ1) is 20.1. The smallest absolute Gasteiger partial charge is 0.333 e. The van der Waals surface area contributed by atoms with Crippen LogP contribution >= 0.6 is 0 Å². The summed E-state index contributed by atoms with van der Waals surface area (Å²) in [7, 11) is 1.61. The highest BCUT2D eigenvalue weighted by molar-refractivity contribution is 6.06. The van der Waals surface area contributed by atoms with Gasteiger partial charge < -0.3 is 19.3 Å². The second kappa shape index (κ2) is 8.04. The van der Waals surface area contributed by atoms with Crippen LogP contribution in [-0.4, -0.2) is 30.0 Å². The minimum absolute atomic E-state index is 0.167. The van der Waals surface area contributed by atoms with E-state index in [1.165, 1.54) is 0 Å². The molecule has 0 bridgehead atoms. The molecule has 1 atom stereocenters. The van der Waals surface area contributed by atoms with Crippen molar-refractivity contribution in [2.24, 2.45) is 0 Å². The van der Waals surface area contributed by atoms with Crippen molar-refractivity contribution in [2.45, 2.75) is 25.7 Å². The monoisotopic (exact) mass is 429 g/mol. The zero-order valence-corrected chi connectivity index (χ0v) is 17.9. The van der Waals surface area contributed by atoms with E-state index < -0.39 is 11.9 Å². The topological polar surface area (TPSA) is 77.9 Å². The van der Waals surface area contributed by atoms with Gasteiger partial charge in [-0.15, -0.1) is 0 Å². The van der Waals surface area contributed by atoms with Crippen molar-refractivity contribution in [3.8, 4) is 17.2 Å². The van der Waals surface area contributed by atoms with Crippen molar-refractivity contribution in [1.82, 2.24) is 4.98 Å². The number of carboxylic acids is 1. The van der Waals surface area contributed by atoms with Crippen LogP contribution in [0.5, 0.6) is 17.2 Å². The molecule has 0 amide bonds. The summed E-state index contributed by atoms with van der Waals surface area (Å²) >= 11 is 0. The van der Waals surface area contributed by atoms with Crippen LogP contribution in [0.25, 0.3) is 5.57 Å². The Morgan fingerprint density at radius 2 is 1.88 bits per heavy atom. The second-order valence-corrected chi connectivity index (χ2v) is 7.86. The maximum absolute atomic E-state index is 12.6. The lowest BCUT2D eigenvalue weighted by molar-refractivity contribution is -0.132. The molecule has 6 nitrogen and oxygen atoms in total. The molecular formula is C26H23NO5. The van der Waals surface area contributed by atoms with E-state index in [2.05, 4.69) is 6.92 Å². The highest BCUT2D eigenvalue weighted by atomic mass is 16.7. The molecule has 1 aromatic heterocycles. The van der Waals surface area contributed by atoms with E-state index >= 15 is 0 Å². The summed E-state index contributed by atoms with van der Waals surface area (Å²) in [5.41, 5.74) is 5.15. The Balaban J connectivity index is 1.74. The number of pyridine rings is 1. The lowest BCUT2D eigenvalue weighted by Crippen LogP contribution is -2.10. The summed E-state index contributed by atoms with van der Waals surface area (Å²) in [5.74, 6) is 0.581. The zero-order chi connectivity index (χ0) is 22.2. The van der Waals surface area contributed by atoms with E-state index in [9.17, 15) is 9.90 Å². The Hall–Kier alpha value is -3.80. The first-order valence-corrected chi connectivity index (χ1v) is 10.6. The number of ether oxygens (including phenoxy) is 3. The summed E-state index contributed by atoms with van der Waals surface area (Å²) < 4.78 is 16.3. The fourth-order valence-electron chi connectivity index (χ4n) is 4.49. The molecule has 5 rings (SSSR count). The van der Waals surface area contributed by atoms with Crippen molar-refractivity contribution in [1.29, 1.82) is 0 Å². The minimum atomic E-state index is -0.964. The predicted molar refractivity (Wildman–Crippen MR) is 119 cm³/mol. The fourth-order valence-corrected chi connectivity index (χ4v) is 4.49. The van der Waals surface area contributed by atoms with Gasteiger partial charge in [0.25, 0.3) is 0 Å². The molecule has 2 aromatic carbocycles. The molecule has 3 aromatic rings. The van der Waals surface area contributed by atoms with Gasteiger partial charge in [0, 0.05) is 17.2 Å². The van der Waals surface area contributed by atoms with E-state index in [4.69, 9.17) is 19.2 Å². The molecule has 2 aliphatic rings. The predicted octanol–water partition coefficient (Wildman–Crippen LogP) is 4.80. The molecule has 0 spiro atoms. The highest BCUT2D eigenvalue weighted by Crippen LogP contribution is 2.49. The summed E-state index contributed by atoms with van der Waals surface area (Å²) in [4.78, 5) is 17.6. The second-order valence-electron chi connectivity index (χ2n) is 7.86. The number of aromatic nitrogens is 1. The van der Waals surface area contributed by atoms with Crippen LogP contribution in [0.4, 0.5) is 0 Å². The van der Waals surface area contributed by atoms with Gasteiger partial charge in [0.15, 0.2) is 11.5 Å². The van der Waals surface area contributed by atoms with Crippen LogP contribution in [0, 0.1) is 0 Å². The van der Waals surface area contributed by atoms with Gasteiger partial charge in [-0.25, -0.2) is 4.79 Å². The third kappa shape index (κ3) is 3.28. The number of hydrogen-bond acceptors (Lipinski definition) is 5. The molecule has 1 aliphatic heterocycles. The molecule has 0 saturated carbocycles. The first-order chi connectivity index (χ1) is 15.6. The number of aliphatic carboxylic acids is 1. The molecule has 0 saturated heterocycles. The number of methoxy groups -OCH3 is 1. The van der Waals surface area contributed by atoms with Gasteiger partial charge in [0.1, 0.15) is 5.75 Å². The number of carboxylic acid groups (broad SMARTS) is 1. The third-order valence-electron chi connectivity index (χ3n) is 5.94. The Labute approximate surface area is 186 Å². The Kier molecular flexibility index (Phi) is 5.05. The standard InChI is InChI=1S/C26H23NO5/c1-3-4-17-8-11-19-22(16-7-12-20-21(13-16)32-14-31-20)24(26(28)29)23(25(19)27-17)15-5-9-18(30-2)10-6-15/h5-13,22H,3-4,14H2,1-2H3,(H,28,29)/t22-/m0/s1. The van der Waals surface area contributed by atoms with Crippen LogP contribution in [0.3, 0.4) is 0 Å². The molecule has 32 heavy (non-hydrogen) atoms. The third-order valence-corrected chi connectivity index (χ3v) is 5.94. The lowest BCUT2D eigenvalue weighted by Gasteiger charge is -2.15. The summed E-state index contributed by atoms with van der Waals surface area (Å²) in [6.07, 6.45) is 1.80. The first-order valence-electron chi connectivity index (χ1n) is 10.6. The summed E-state index contributed by atoms with van der Waals surface area (Å²) in [5, 5.41) is 10.3. The van der Waals surface area contributed by atoms with Crippen LogP contribution in [0.15, 0.2) is 60.2 Å². The number of hydrogen-bond donors (Lipinski definition) is 1. The Bertz CT molecular complexity index is 1230. The SMILES string of the molecule is CCCc1ccc2c(n1)C(c1ccc(OC)cc1)=C(C(=O)O)[C@H]2c1ccc2c(c1)OCO2. The molecule has 0 fully saturated rings. The van der Waals surface area contributed by atoms with E-state index in [0.29, 0.717) is 28.4 Å². The maximum Gasteiger partial charge on any atom is 0.333 e. The van der Waals surface area contributed by atoms with Gasteiger partial charge in [0.2, 0.25) is 6.79 Å². The zero-order valence-electron chi connectivity index (χ0n) is 17.9. The number of aryl methyl sites for hydroxylation is 1. The number of rotatable bonds is 6. The molecule has 2 heterocycles. The van der Waals surface area contributed by atoms with E-state index in [0.717, 1.165) is 40.9 Å². The molecule has 1 aliphatic carbocycles. The quantitative estimate of drug-likeness (QED) is 0.606. The van der Waals surface area contributed by atoms with Crippen LogP contribution in [0.2, 0.25) is 0 Å². The molecule has 1 N–H and O–H groups in total. The van der Waals surface area contributed by atoms with Gasteiger partial charge in [-0.1, -0.05) is 37.6 Å². The summed E-state index contributed by atoms with van der Waals surface area (Å²) in [6.45, 7) is 2.27. The number of nitrogens with zero attached hydrogens (tertiary/aromatic N) is 1. The van der Waals surface area contributed by atoms with Gasteiger partial charge in [-0.2, -0.15) is 0 Å². The summed E-state index contributed by atoms with van der Waals surface area (Å²) in [6, 6.07) is 17.1. The molecule has 0 radical (unpaired) electrons. The van der Waals surface area contributed by atoms with Gasteiger partial charge in [-0.3, -0.25) is 4.98 Å². The van der Waals surface area contributed by atoms with Crippen LogP contribution in [0.1, 0.15) is 47.3 Å². The number of benzene rings is 2. The molecule has 162 valence electrons. The van der Waals surface area contributed by atoms with Crippen molar-refractivity contribution in [3.05, 3.63) is 88.2 Å². The largest absolute Gasteiger partial charge is 0.497 e. The molecule has 0 unspecified atom stereocenters. The normalized spacial score (nSPS) is 16.2. The lowest BCUT2D eigenvalue weighted by atomic mass is 9.88. The van der Waals surface area contributed by atoms with Gasteiger partial charge in [0.05, 0.1) is 18.4 Å². The highest BCUT2D eigenvalue weighted by Gasteiger charge is 2.38. The van der Waals surface area contributed by atoms with Crippen LogP contribution in [-0.2, 0) is 11.2 Å². The Morgan fingerprint density at radius 1 is 1.09 bits per heavy atom. The van der Waals surface area contributed by atoms with Crippen molar-refractivity contribution in [3.63, 3.8) is 0 Å². The number of carbonyl (C=O) groups is 1. The van der Waals surface area contributed by atoms with E-state index in [-0.39, 0.29) is 6.79 Å². The minimum Gasteiger partial charge on any atom is -0.497 e. The van der Waals surface area contributed by atoms with E-state index in [1.54, 1.807) is 7.11 Å². The van der Waals surface area contributed by atoms with Crippen molar-refractivity contribution in [2.75, 3.05) is 13.9 Å². The van der Waals surface area contributed by atoms with Gasteiger partial charge in [-0.05, 0) is 53.4 Å². The average molecular weight is 429 g/mol. The molecular weight excluding hydrogens is 406 g/mol. The number of fused-ring (bicyclic) bond motifs is 2. The Morgan fingerprint density at radius 3 is 2.59 bits per heavy atom. The van der Waals surface area contributed by atoms with Gasteiger partial charge >= 0.3 is 5.97 Å². The fraction of sp³-hybridized carbons (Fsp3) is 0.231. The van der Waals surface area contributed by atoms with Crippen LogP contribution < -0.4 is 14.2 Å². The van der Waals surface area contributed by atoms with Crippen molar-refractivity contribution < 1.29 is 24.1 Å². The van der Waals surface area contributed by atoms with Crippen molar-refractivity contribution >= 4 is 11.5 Å².